The van der Waals surface area contributed by atoms with Gasteiger partial charge in [0.2, 0.25) is 0 Å². The van der Waals surface area contributed by atoms with Crippen molar-refractivity contribution in [3.05, 3.63) is 39.7 Å². The molecule has 1 heterocycles. The molecule has 0 bridgehead atoms. The maximum absolute atomic E-state index is 7.41. The average Bonchev–Trinajstić information content (AvgIpc) is 2.57. The van der Waals surface area contributed by atoms with Gasteiger partial charge in [-0.3, -0.25) is 5.41 Å². The van der Waals surface area contributed by atoms with Gasteiger partial charge in [-0.2, -0.15) is 0 Å². The molecule has 0 unspecified atom stereocenters. The van der Waals surface area contributed by atoms with E-state index in [1.54, 1.807) is 6.07 Å². The Balaban J connectivity index is 2.25. The first kappa shape index (κ1) is 13.2. The van der Waals surface area contributed by atoms with Crippen LogP contribution in [0.15, 0.2) is 37.2 Å². The average molecular weight is 326 g/mol. The Bertz CT molecular complexity index is 590. The van der Waals surface area contributed by atoms with Crippen LogP contribution in [0.4, 0.5) is 0 Å². The van der Waals surface area contributed by atoms with Crippen molar-refractivity contribution in [1.82, 2.24) is 4.98 Å². The first-order valence-electron chi connectivity index (χ1n) is 5.23. The van der Waals surface area contributed by atoms with Gasteiger partial charge in [-0.15, -0.1) is 0 Å². The third kappa shape index (κ3) is 2.76. The summed E-state index contributed by atoms with van der Waals surface area (Å²) in [5, 5.41) is 8.03. The summed E-state index contributed by atoms with van der Waals surface area (Å²) in [6, 6.07) is 5.59. The molecule has 0 aliphatic rings. The lowest BCUT2D eigenvalue weighted by atomic mass is 10.2. The summed E-state index contributed by atoms with van der Waals surface area (Å²) in [5.74, 6) is 0.873. The highest BCUT2D eigenvalue weighted by Gasteiger charge is 2.09. The van der Waals surface area contributed by atoms with Crippen LogP contribution < -0.4 is 5.73 Å². The number of aryl methyl sites for hydroxylation is 2. The molecule has 3 N–H and O–H groups in total. The molecule has 0 atom stereocenters. The maximum atomic E-state index is 7.41. The van der Waals surface area contributed by atoms with Gasteiger partial charge < -0.3 is 10.2 Å². The molecule has 0 amide bonds. The summed E-state index contributed by atoms with van der Waals surface area (Å²) >= 11 is 4.83. The van der Waals surface area contributed by atoms with Crippen LogP contribution in [-0.2, 0) is 0 Å². The van der Waals surface area contributed by atoms with Gasteiger partial charge in [0.1, 0.15) is 11.6 Å². The van der Waals surface area contributed by atoms with E-state index < -0.39 is 0 Å². The highest BCUT2D eigenvalue weighted by Crippen LogP contribution is 2.31. The summed E-state index contributed by atoms with van der Waals surface area (Å²) in [7, 11) is 0. The summed E-state index contributed by atoms with van der Waals surface area (Å²) in [5.41, 5.74) is 7.04. The van der Waals surface area contributed by atoms with E-state index in [-0.39, 0.29) is 5.84 Å². The molecule has 0 saturated carbocycles. The van der Waals surface area contributed by atoms with Gasteiger partial charge in [-0.05, 0) is 59.7 Å². The third-order valence-electron chi connectivity index (χ3n) is 2.44. The molecule has 1 aromatic heterocycles. The minimum absolute atomic E-state index is 0.0428. The summed E-state index contributed by atoms with van der Waals surface area (Å²) in [6.07, 6.45) is 0. The number of hydrogen-bond donors (Lipinski definition) is 2. The van der Waals surface area contributed by atoms with Crippen LogP contribution in [0.3, 0.4) is 0 Å². The number of aromatic nitrogens is 1. The second-order valence-corrected chi connectivity index (χ2v) is 5.66. The zero-order valence-electron chi connectivity index (χ0n) is 9.95. The first-order valence-corrected chi connectivity index (χ1v) is 6.84. The Morgan fingerprint density at radius 2 is 2.17 bits per heavy atom. The number of rotatable bonds is 3. The lowest BCUT2D eigenvalue weighted by molar-refractivity contribution is 0.431. The van der Waals surface area contributed by atoms with Gasteiger partial charge in [0, 0.05) is 14.9 Å². The molecular formula is C12H12BrN3OS. The molecule has 18 heavy (non-hydrogen) atoms. The van der Waals surface area contributed by atoms with Crippen molar-refractivity contribution in [3.8, 4) is 0 Å². The Morgan fingerprint density at radius 3 is 2.67 bits per heavy atom. The fourth-order valence-corrected chi connectivity index (χ4v) is 2.97. The molecule has 0 saturated heterocycles. The summed E-state index contributed by atoms with van der Waals surface area (Å²) in [6.45, 7) is 3.80. The summed E-state index contributed by atoms with van der Waals surface area (Å²) in [4.78, 5) is 5.29. The molecule has 2 rings (SSSR count). The minimum atomic E-state index is 0.0428. The van der Waals surface area contributed by atoms with E-state index >= 15 is 0 Å². The van der Waals surface area contributed by atoms with E-state index in [1.807, 2.05) is 26.0 Å². The van der Waals surface area contributed by atoms with Crippen molar-refractivity contribution in [2.75, 3.05) is 0 Å². The third-order valence-corrected chi connectivity index (χ3v) is 3.94. The molecule has 4 nitrogen and oxygen atoms in total. The lowest BCUT2D eigenvalue weighted by Gasteiger charge is -2.04. The van der Waals surface area contributed by atoms with Gasteiger partial charge in [0.25, 0.3) is 5.22 Å². The SMILES string of the molecule is Cc1nc(Sc2ccc(C(=N)N)c(Br)c2)oc1C. The molecule has 0 spiro atoms. The fourth-order valence-electron chi connectivity index (χ4n) is 1.37. The van der Waals surface area contributed by atoms with Gasteiger partial charge >= 0.3 is 0 Å². The monoisotopic (exact) mass is 325 g/mol. The Labute approximate surface area is 118 Å². The molecular weight excluding hydrogens is 314 g/mol. The fraction of sp³-hybridized carbons (Fsp3) is 0.167. The highest BCUT2D eigenvalue weighted by molar-refractivity contribution is 9.10. The Kier molecular flexibility index (Phi) is 3.77. The van der Waals surface area contributed by atoms with Crippen molar-refractivity contribution < 1.29 is 4.42 Å². The van der Waals surface area contributed by atoms with Gasteiger partial charge in [-0.1, -0.05) is 0 Å². The van der Waals surface area contributed by atoms with E-state index in [0.29, 0.717) is 10.8 Å². The van der Waals surface area contributed by atoms with Gasteiger partial charge in [-0.25, -0.2) is 4.98 Å². The number of nitrogens with two attached hydrogens (primary N) is 1. The number of halogens is 1. The number of benzene rings is 1. The predicted molar refractivity (Wildman–Crippen MR) is 75.3 cm³/mol. The van der Waals surface area contributed by atoms with E-state index in [0.717, 1.165) is 20.8 Å². The zero-order valence-corrected chi connectivity index (χ0v) is 12.4. The van der Waals surface area contributed by atoms with Crippen molar-refractivity contribution in [3.63, 3.8) is 0 Å². The van der Waals surface area contributed by atoms with Crippen LogP contribution in [0.5, 0.6) is 0 Å². The van der Waals surface area contributed by atoms with Crippen LogP contribution in [-0.4, -0.2) is 10.8 Å². The van der Waals surface area contributed by atoms with E-state index in [9.17, 15) is 0 Å². The van der Waals surface area contributed by atoms with E-state index in [2.05, 4.69) is 20.9 Å². The van der Waals surface area contributed by atoms with Crippen LogP contribution in [0, 0.1) is 19.3 Å². The van der Waals surface area contributed by atoms with Crippen LogP contribution >= 0.6 is 27.7 Å². The number of nitrogens with one attached hydrogen (secondary N) is 1. The standard InChI is InChI=1S/C12H12BrN3OS/c1-6-7(2)17-12(16-6)18-8-3-4-9(11(14)15)10(13)5-8/h3-5H,1-2H3,(H3,14,15). The molecule has 0 fully saturated rings. The van der Waals surface area contributed by atoms with Crippen LogP contribution in [0.1, 0.15) is 17.0 Å². The van der Waals surface area contributed by atoms with Crippen LogP contribution in [0.2, 0.25) is 0 Å². The second kappa shape index (κ2) is 5.16. The first-order chi connectivity index (χ1) is 8.47. The van der Waals surface area contributed by atoms with Crippen molar-refractivity contribution in [2.45, 2.75) is 24.0 Å². The minimum Gasteiger partial charge on any atom is -0.436 e. The van der Waals surface area contributed by atoms with Crippen molar-refractivity contribution in [1.29, 1.82) is 5.41 Å². The predicted octanol–water partition coefficient (Wildman–Crippen LogP) is 3.49. The van der Waals surface area contributed by atoms with E-state index in [1.165, 1.54) is 11.8 Å². The lowest BCUT2D eigenvalue weighted by Crippen LogP contribution is -2.11. The topological polar surface area (TPSA) is 75.9 Å². The number of amidine groups is 1. The zero-order chi connectivity index (χ0) is 13.3. The summed E-state index contributed by atoms with van der Waals surface area (Å²) < 4.78 is 6.30. The highest BCUT2D eigenvalue weighted by atomic mass is 79.9. The number of nitrogen functional groups attached to an aromatic ring is 1. The smallest absolute Gasteiger partial charge is 0.260 e. The Hall–Kier alpha value is -1.27. The maximum Gasteiger partial charge on any atom is 0.260 e. The van der Waals surface area contributed by atoms with Gasteiger partial charge in [0.05, 0.1) is 5.69 Å². The quantitative estimate of drug-likeness (QED) is 0.669. The molecule has 6 heteroatoms. The molecule has 94 valence electrons. The number of oxazole rings is 1. The van der Waals surface area contributed by atoms with E-state index in [4.69, 9.17) is 15.6 Å². The Morgan fingerprint density at radius 1 is 1.44 bits per heavy atom. The largest absolute Gasteiger partial charge is 0.436 e. The van der Waals surface area contributed by atoms with Crippen LogP contribution in [0.25, 0.3) is 0 Å². The van der Waals surface area contributed by atoms with Gasteiger partial charge in [0.15, 0.2) is 0 Å². The van der Waals surface area contributed by atoms with Crippen molar-refractivity contribution >= 4 is 33.5 Å². The normalized spacial score (nSPS) is 10.6. The molecule has 0 radical (unpaired) electrons. The second-order valence-electron chi connectivity index (χ2n) is 3.78. The number of hydrogen-bond acceptors (Lipinski definition) is 4. The molecule has 1 aromatic carbocycles. The number of nitrogens with zero attached hydrogens (tertiary/aromatic N) is 1. The molecule has 0 aliphatic heterocycles. The van der Waals surface area contributed by atoms with Crippen molar-refractivity contribution in [2.24, 2.45) is 5.73 Å². The molecule has 2 aromatic rings. The molecule has 0 aliphatic carbocycles.